The Labute approximate surface area is 260 Å². The molecule has 1 aliphatic rings. The van der Waals surface area contributed by atoms with E-state index in [4.69, 9.17) is 27.3 Å². The molecule has 1 heterocycles. The van der Waals surface area contributed by atoms with Crippen LogP contribution in [0.3, 0.4) is 0 Å². The number of hydrogen-bond donors (Lipinski definition) is 3. The molecule has 226 valence electrons. The highest BCUT2D eigenvalue weighted by Gasteiger charge is 2.20. The average Bonchev–Trinajstić information content (AvgIpc) is 3.50. The van der Waals surface area contributed by atoms with E-state index in [1.165, 1.54) is 29.8 Å². The first kappa shape index (κ1) is 32.1. The maximum absolute atomic E-state index is 13.7. The molecule has 1 aliphatic carbocycles. The number of primary amides is 1. The average molecular weight is 615 g/mol. The number of fused-ring (bicyclic) bond motifs is 1. The van der Waals surface area contributed by atoms with Gasteiger partial charge in [0, 0.05) is 40.7 Å². The van der Waals surface area contributed by atoms with E-state index in [-0.39, 0.29) is 25.4 Å². The van der Waals surface area contributed by atoms with Crippen LogP contribution in [0.25, 0.3) is 11.1 Å². The Morgan fingerprint density at radius 3 is 2.64 bits per heavy atom. The molecule has 0 saturated heterocycles. The van der Waals surface area contributed by atoms with Crippen LogP contribution in [0.4, 0.5) is 4.39 Å². The number of hydrogen-bond acceptors (Lipinski definition) is 6. The van der Waals surface area contributed by atoms with Crippen LogP contribution in [0.15, 0.2) is 73.1 Å². The van der Waals surface area contributed by atoms with E-state index in [2.05, 4.69) is 16.4 Å². The minimum Gasteiger partial charge on any atom is -0.489 e. The number of carboxylic acid groups (broad SMARTS) is 1. The Kier molecular flexibility index (Phi) is 11.0. The Bertz CT molecular complexity index is 1710. The van der Waals surface area contributed by atoms with Crippen molar-refractivity contribution in [2.45, 2.75) is 51.8 Å². The number of benzene rings is 3. The number of ether oxygens (including phenoxy) is 1. The van der Waals surface area contributed by atoms with Gasteiger partial charge in [0.25, 0.3) is 0 Å². The number of nitrogens with two attached hydrogens (primary N) is 1. The second kappa shape index (κ2) is 15.1. The van der Waals surface area contributed by atoms with Gasteiger partial charge < -0.3 is 15.6 Å². The van der Waals surface area contributed by atoms with E-state index in [1.54, 1.807) is 30.5 Å². The minimum atomic E-state index is -1.18. The van der Waals surface area contributed by atoms with Crippen molar-refractivity contribution >= 4 is 23.5 Å². The number of carbonyl (C=O) groups excluding carboxylic acids is 1. The maximum atomic E-state index is 13.7. The van der Waals surface area contributed by atoms with Gasteiger partial charge in [0.15, 0.2) is 0 Å². The van der Waals surface area contributed by atoms with Gasteiger partial charge in [0.2, 0.25) is 5.91 Å². The lowest BCUT2D eigenvalue weighted by atomic mass is 9.97. The lowest BCUT2D eigenvalue weighted by Gasteiger charge is -2.17. The zero-order valence-electron chi connectivity index (χ0n) is 24.1. The Hall–Kier alpha value is -4.78. The Morgan fingerprint density at radius 2 is 1.91 bits per heavy atom. The van der Waals surface area contributed by atoms with Gasteiger partial charge in [-0.15, -0.1) is 0 Å². The molecular formula is C34H32ClFN4O4. The highest BCUT2D eigenvalue weighted by atomic mass is 35.5. The van der Waals surface area contributed by atoms with E-state index in [1.807, 2.05) is 37.3 Å². The number of nitrogens with one attached hydrogen (secondary N) is 1. The number of pyridine rings is 1. The number of nitrogens with zero attached hydrogens (tertiary/aromatic N) is 2. The predicted molar refractivity (Wildman–Crippen MR) is 165 cm³/mol. The molecule has 0 spiro atoms. The summed E-state index contributed by atoms with van der Waals surface area (Å²) < 4.78 is 19.6. The standard InChI is InChI=1S/C19H19ClN4O4.C15H13F/c1-11-2-17(28-10-13-3-12(6-21)7-23-8-13)14(4-15(11)20)9-24-16(19(26)27)5-18(22)25;16-15-10-2-1-7-14(15)13-9-4-6-11-5-3-8-12(11)13/h2-4,7-8,16,24H,5,9-10H2,1H3,(H2,22,25)(H,26,27);1-2,4,6-7,9-10H,3,5,8H2. The maximum Gasteiger partial charge on any atom is 0.321 e. The molecule has 8 nitrogen and oxygen atoms in total. The summed E-state index contributed by atoms with van der Waals surface area (Å²) in [5.41, 5.74) is 12.2. The summed E-state index contributed by atoms with van der Waals surface area (Å²) in [6, 6.07) is 19.2. The quantitative estimate of drug-likeness (QED) is 0.202. The third-order valence-electron chi connectivity index (χ3n) is 7.21. The van der Waals surface area contributed by atoms with Gasteiger partial charge in [-0.1, -0.05) is 48.0 Å². The highest BCUT2D eigenvalue weighted by Crippen LogP contribution is 2.33. The summed E-state index contributed by atoms with van der Waals surface area (Å²) in [6.45, 7) is 2.09. The van der Waals surface area contributed by atoms with E-state index >= 15 is 0 Å². The molecule has 5 rings (SSSR count). The fourth-order valence-electron chi connectivity index (χ4n) is 4.99. The summed E-state index contributed by atoms with van der Waals surface area (Å²) in [5, 5.41) is 21.4. The van der Waals surface area contributed by atoms with Crippen LogP contribution in [-0.2, 0) is 35.6 Å². The van der Waals surface area contributed by atoms with Crippen molar-refractivity contribution in [3.05, 3.63) is 117 Å². The molecule has 1 aromatic heterocycles. The fourth-order valence-corrected chi connectivity index (χ4v) is 5.18. The topological polar surface area (TPSA) is 138 Å². The van der Waals surface area contributed by atoms with Crippen LogP contribution in [0, 0.1) is 24.1 Å². The number of carboxylic acids is 1. The van der Waals surface area contributed by atoms with Crippen molar-refractivity contribution in [2.24, 2.45) is 5.73 Å². The molecule has 0 fully saturated rings. The van der Waals surface area contributed by atoms with Gasteiger partial charge in [-0.3, -0.25) is 19.9 Å². The van der Waals surface area contributed by atoms with E-state index in [0.717, 1.165) is 29.5 Å². The zero-order valence-corrected chi connectivity index (χ0v) is 24.9. The normalized spacial score (nSPS) is 12.3. The van der Waals surface area contributed by atoms with Crippen LogP contribution in [0.1, 0.15) is 46.2 Å². The van der Waals surface area contributed by atoms with Crippen LogP contribution in [0.2, 0.25) is 5.02 Å². The molecular weight excluding hydrogens is 583 g/mol. The number of aromatic nitrogens is 1. The number of halogens is 2. The SMILES string of the molecule is Cc1cc(OCc2cncc(C#N)c2)c(CNC(CC(N)=O)C(=O)O)cc1Cl.Fc1ccccc1-c1cccc2c1CCC2. The van der Waals surface area contributed by atoms with Crippen molar-refractivity contribution < 1.29 is 23.8 Å². The molecule has 10 heteroatoms. The van der Waals surface area contributed by atoms with Gasteiger partial charge in [0.05, 0.1) is 12.0 Å². The molecule has 4 aromatic rings. The summed E-state index contributed by atoms with van der Waals surface area (Å²) in [7, 11) is 0. The summed E-state index contributed by atoms with van der Waals surface area (Å²) >= 11 is 6.18. The third kappa shape index (κ3) is 8.40. The molecule has 0 saturated carbocycles. The van der Waals surface area contributed by atoms with Crippen molar-refractivity contribution in [1.29, 1.82) is 5.26 Å². The second-order valence-corrected chi connectivity index (χ2v) is 10.8. The molecule has 3 aromatic carbocycles. The molecule has 0 radical (unpaired) electrons. The number of nitriles is 1. The van der Waals surface area contributed by atoms with Crippen LogP contribution >= 0.6 is 11.6 Å². The van der Waals surface area contributed by atoms with Gasteiger partial charge in [-0.2, -0.15) is 5.26 Å². The minimum absolute atomic E-state index is 0.107. The number of aryl methyl sites for hydroxylation is 2. The first-order chi connectivity index (χ1) is 21.2. The number of aliphatic carboxylic acids is 1. The lowest BCUT2D eigenvalue weighted by Crippen LogP contribution is -2.39. The Balaban J connectivity index is 0.000000231. The van der Waals surface area contributed by atoms with Crippen LogP contribution in [-0.4, -0.2) is 28.0 Å². The van der Waals surface area contributed by atoms with Crippen molar-refractivity contribution in [2.75, 3.05) is 0 Å². The molecule has 44 heavy (non-hydrogen) atoms. The second-order valence-electron chi connectivity index (χ2n) is 10.4. The highest BCUT2D eigenvalue weighted by molar-refractivity contribution is 6.31. The molecule has 1 unspecified atom stereocenters. The molecule has 4 N–H and O–H groups in total. The molecule has 1 amide bonds. The van der Waals surface area contributed by atoms with Gasteiger partial charge in [-0.05, 0) is 72.7 Å². The number of rotatable bonds is 10. The van der Waals surface area contributed by atoms with Crippen molar-refractivity contribution in [3.63, 3.8) is 0 Å². The van der Waals surface area contributed by atoms with Gasteiger partial charge in [0.1, 0.15) is 30.3 Å². The van der Waals surface area contributed by atoms with Gasteiger partial charge in [-0.25, -0.2) is 4.39 Å². The third-order valence-corrected chi connectivity index (χ3v) is 7.62. The Morgan fingerprint density at radius 1 is 1.14 bits per heavy atom. The molecule has 0 aliphatic heterocycles. The lowest BCUT2D eigenvalue weighted by molar-refractivity contribution is -0.141. The van der Waals surface area contributed by atoms with E-state index in [9.17, 15) is 19.1 Å². The van der Waals surface area contributed by atoms with E-state index in [0.29, 0.717) is 27.5 Å². The van der Waals surface area contributed by atoms with Crippen molar-refractivity contribution in [1.82, 2.24) is 10.3 Å². The summed E-state index contributed by atoms with van der Waals surface area (Å²) in [5.74, 6) is -1.52. The largest absolute Gasteiger partial charge is 0.489 e. The summed E-state index contributed by atoms with van der Waals surface area (Å²) in [4.78, 5) is 26.3. The molecule has 0 bridgehead atoms. The fraction of sp³-hybridized carbons (Fsp3) is 0.235. The number of amides is 1. The van der Waals surface area contributed by atoms with Gasteiger partial charge >= 0.3 is 5.97 Å². The van der Waals surface area contributed by atoms with Crippen molar-refractivity contribution in [3.8, 4) is 22.9 Å². The summed E-state index contributed by atoms with van der Waals surface area (Å²) in [6.07, 6.45) is 6.13. The first-order valence-corrected chi connectivity index (χ1v) is 14.4. The van der Waals surface area contributed by atoms with E-state index < -0.39 is 17.9 Å². The number of carbonyl (C=O) groups is 2. The smallest absolute Gasteiger partial charge is 0.321 e. The monoisotopic (exact) mass is 614 g/mol. The molecule has 1 atom stereocenters. The zero-order chi connectivity index (χ0) is 31.6. The van der Waals surface area contributed by atoms with Crippen LogP contribution in [0.5, 0.6) is 5.75 Å². The predicted octanol–water partition coefficient (Wildman–Crippen LogP) is 5.89. The van der Waals surface area contributed by atoms with Crippen LogP contribution < -0.4 is 15.8 Å². The first-order valence-electron chi connectivity index (χ1n) is 14.0.